The Morgan fingerprint density at radius 2 is 2.40 bits per heavy atom. The van der Waals surface area contributed by atoms with E-state index in [2.05, 4.69) is 10.3 Å². The zero-order valence-corrected chi connectivity index (χ0v) is 7.88. The minimum absolute atomic E-state index is 0.0147. The second-order valence-electron chi connectivity index (χ2n) is 3.32. The molecule has 1 N–H and O–H groups in total. The van der Waals surface area contributed by atoms with Crippen molar-refractivity contribution in [1.29, 1.82) is 0 Å². The fourth-order valence-electron chi connectivity index (χ4n) is 1.71. The molecule has 2 heterocycles. The van der Waals surface area contributed by atoms with Gasteiger partial charge in [0, 0.05) is 18.3 Å². The molecule has 1 aliphatic rings. The molecule has 0 spiro atoms. The Balaban J connectivity index is 2.45. The van der Waals surface area contributed by atoms with Gasteiger partial charge in [-0.1, -0.05) is 0 Å². The van der Waals surface area contributed by atoms with Crippen LogP contribution in [0, 0.1) is 4.91 Å². The molecule has 2 rings (SSSR count). The Kier molecular flexibility index (Phi) is 2.32. The van der Waals surface area contributed by atoms with Crippen LogP contribution in [-0.2, 0) is 13.0 Å². The standard InChI is InChI=1S/C9H9N3O3/c13-9(14)8-7-5-12(11-15)4-2-6(7)1-3-10-8/h1,3H,2,4-5H2,(H,13,14). The summed E-state index contributed by atoms with van der Waals surface area (Å²) in [5.41, 5.74) is 1.54. The van der Waals surface area contributed by atoms with E-state index in [1.165, 1.54) is 11.2 Å². The number of rotatable bonds is 2. The maximum atomic E-state index is 10.9. The number of hydrogen-bond acceptors (Lipinski definition) is 4. The molecule has 0 saturated heterocycles. The third kappa shape index (κ3) is 1.65. The van der Waals surface area contributed by atoms with Crippen molar-refractivity contribution in [3.05, 3.63) is 34.0 Å². The summed E-state index contributed by atoms with van der Waals surface area (Å²) in [7, 11) is 0. The van der Waals surface area contributed by atoms with Gasteiger partial charge in [0.25, 0.3) is 0 Å². The monoisotopic (exact) mass is 207 g/mol. The molecule has 1 aromatic heterocycles. The van der Waals surface area contributed by atoms with Crippen molar-refractivity contribution in [2.24, 2.45) is 5.29 Å². The molecule has 15 heavy (non-hydrogen) atoms. The lowest BCUT2D eigenvalue weighted by Gasteiger charge is -2.23. The van der Waals surface area contributed by atoms with Gasteiger partial charge >= 0.3 is 5.97 Å². The Morgan fingerprint density at radius 1 is 1.60 bits per heavy atom. The van der Waals surface area contributed by atoms with Crippen molar-refractivity contribution in [1.82, 2.24) is 9.99 Å². The minimum Gasteiger partial charge on any atom is -0.477 e. The Morgan fingerprint density at radius 3 is 3.07 bits per heavy atom. The van der Waals surface area contributed by atoms with Crippen LogP contribution in [0.1, 0.15) is 21.6 Å². The highest BCUT2D eigenvalue weighted by Gasteiger charge is 2.22. The van der Waals surface area contributed by atoms with E-state index in [4.69, 9.17) is 5.11 Å². The van der Waals surface area contributed by atoms with Crippen LogP contribution in [0.2, 0.25) is 0 Å². The number of nitrogens with zero attached hydrogens (tertiary/aromatic N) is 3. The molecule has 0 unspecified atom stereocenters. The van der Waals surface area contributed by atoms with Gasteiger partial charge < -0.3 is 5.11 Å². The smallest absolute Gasteiger partial charge is 0.354 e. The SMILES string of the molecule is O=NN1CCc2ccnc(C(=O)O)c2C1. The zero-order chi connectivity index (χ0) is 10.8. The number of pyridine rings is 1. The molecule has 0 amide bonds. The lowest BCUT2D eigenvalue weighted by molar-refractivity contribution is 0.0687. The van der Waals surface area contributed by atoms with Gasteiger partial charge in [0.2, 0.25) is 0 Å². The lowest BCUT2D eigenvalue weighted by atomic mass is 10.00. The number of nitroso groups, excluding NO2 is 1. The first-order valence-electron chi connectivity index (χ1n) is 4.50. The van der Waals surface area contributed by atoms with E-state index in [1.54, 1.807) is 6.07 Å². The van der Waals surface area contributed by atoms with Crippen LogP contribution in [0.3, 0.4) is 0 Å². The van der Waals surface area contributed by atoms with E-state index in [1.807, 2.05) is 0 Å². The van der Waals surface area contributed by atoms with Crippen LogP contribution in [0.4, 0.5) is 0 Å². The molecule has 0 bridgehead atoms. The minimum atomic E-state index is -1.07. The highest BCUT2D eigenvalue weighted by Crippen LogP contribution is 2.21. The number of aromatic nitrogens is 1. The predicted octanol–water partition coefficient (Wildman–Crippen LogP) is 0.819. The van der Waals surface area contributed by atoms with Crippen LogP contribution in [-0.4, -0.2) is 27.6 Å². The third-order valence-electron chi connectivity index (χ3n) is 2.45. The fourth-order valence-corrected chi connectivity index (χ4v) is 1.71. The van der Waals surface area contributed by atoms with Crippen LogP contribution in [0.5, 0.6) is 0 Å². The van der Waals surface area contributed by atoms with Gasteiger partial charge in [-0.3, -0.25) is 5.01 Å². The topological polar surface area (TPSA) is 82.9 Å². The molecule has 0 fully saturated rings. The molecular formula is C9H9N3O3. The average Bonchev–Trinajstić information content (AvgIpc) is 2.27. The van der Waals surface area contributed by atoms with Gasteiger partial charge in [0.1, 0.15) is 0 Å². The van der Waals surface area contributed by atoms with Gasteiger partial charge in [-0.05, 0) is 18.1 Å². The molecule has 1 aliphatic heterocycles. The molecule has 6 heteroatoms. The normalized spacial score (nSPS) is 14.5. The molecular weight excluding hydrogens is 198 g/mol. The van der Waals surface area contributed by atoms with E-state index in [-0.39, 0.29) is 12.2 Å². The van der Waals surface area contributed by atoms with Crippen molar-refractivity contribution in [3.63, 3.8) is 0 Å². The van der Waals surface area contributed by atoms with Gasteiger partial charge in [-0.2, -0.15) is 0 Å². The number of carbonyl (C=O) groups is 1. The van der Waals surface area contributed by atoms with Crippen molar-refractivity contribution >= 4 is 5.97 Å². The maximum Gasteiger partial charge on any atom is 0.354 e. The number of hydrogen-bond donors (Lipinski definition) is 1. The van der Waals surface area contributed by atoms with Crippen molar-refractivity contribution in [3.8, 4) is 0 Å². The van der Waals surface area contributed by atoms with Crippen molar-refractivity contribution in [2.75, 3.05) is 6.54 Å². The largest absolute Gasteiger partial charge is 0.477 e. The predicted molar refractivity (Wildman–Crippen MR) is 51.1 cm³/mol. The fraction of sp³-hybridized carbons (Fsp3) is 0.333. The lowest BCUT2D eigenvalue weighted by Crippen LogP contribution is -2.27. The third-order valence-corrected chi connectivity index (χ3v) is 2.45. The van der Waals surface area contributed by atoms with Crippen LogP contribution in [0.25, 0.3) is 0 Å². The maximum absolute atomic E-state index is 10.9. The summed E-state index contributed by atoms with van der Waals surface area (Å²) < 4.78 is 0. The Bertz CT molecular complexity index is 419. The summed E-state index contributed by atoms with van der Waals surface area (Å²) in [4.78, 5) is 25.0. The molecule has 0 radical (unpaired) electrons. The number of carboxylic acids is 1. The summed E-state index contributed by atoms with van der Waals surface area (Å²) in [6.45, 7) is 0.758. The summed E-state index contributed by atoms with van der Waals surface area (Å²) >= 11 is 0. The first-order valence-corrected chi connectivity index (χ1v) is 4.50. The van der Waals surface area contributed by atoms with E-state index in [9.17, 15) is 9.70 Å². The number of carboxylic acid groups (broad SMARTS) is 1. The first-order chi connectivity index (χ1) is 7.22. The molecule has 0 saturated carbocycles. The highest BCUT2D eigenvalue weighted by molar-refractivity contribution is 5.87. The van der Waals surface area contributed by atoms with Crippen LogP contribution >= 0.6 is 0 Å². The highest BCUT2D eigenvalue weighted by atomic mass is 16.4. The quantitative estimate of drug-likeness (QED) is 0.726. The molecule has 6 nitrogen and oxygen atoms in total. The Labute approximate surface area is 85.5 Å². The van der Waals surface area contributed by atoms with E-state index >= 15 is 0 Å². The summed E-state index contributed by atoms with van der Waals surface area (Å²) in [6, 6.07) is 1.78. The second kappa shape index (κ2) is 3.64. The van der Waals surface area contributed by atoms with Crippen LogP contribution in [0.15, 0.2) is 17.5 Å². The number of aromatic carboxylic acids is 1. The summed E-state index contributed by atoms with van der Waals surface area (Å²) in [5.74, 6) is -1.07. The molecule has 0 aromatic carbocycles. The first kappa shape index (κ1) is 9.57. The van der Waals surface area contributed by atoms with Crippen LogP contribution < -0.4 is 0 Å². The van der Waals surface area contributed by atoms with Gasteiger partial charge in [-0.25, -0.2) is 9.78 Å². The summed E-state index contributed by atoms with van der Waals surface area (Å²) in [6.07, 6.45) is 2.11. The molecule has 1 aromatic rings. The van der Waals surface area contributed by atoms with E-state index in [0.29, 0.717) is 18.5 Å². The second-order valence-corrected chi connectivity index (χ2v) is 3.32. The van der Waals surface area contributed by atoms with Gasteiger partial charge in [0.05, 0.1) is 11.8 Å². The van der Waals surface area contributed by atoms with Crippen molar-refractivity contribution < 1.29 is 9.90 Å². The molecule has 0 aliphatic carbocycles. The number of fused-ring (bicyclic) bond motifs is 1. The molecule has 0 atom stereocenters. The van der Waals surface area contributed by atoms with Gasteiger partial charge in [-0.15, -0.1) is 4.91 Å². The van der Waals surface area contributed by atoms with Gasteiger partial charge in [0.15, 0.2) is 5.69 Å². The van der Waals surface area contributed by atoms with Crippen molar-refractivity contribution in [2.45, 2.75) is 13.0 Å². The van der Waals surface area contributed by atoms with E-state index < -0.39 is 5.97 Å². The molecule has 78 valence electrons. The zero-order valence-electron chi connectivity index (χ0n) is 7.88. The van der Waals surface area contributed by atoms with E-state index in [0.717, 1.165) is 5.56 Å². The average molecular weight is 207 g/mol. The Hall–Kier alpha value is -1.98. The summed E-state index contributed by atoms with van der Waals surface area (Å²) in [5, 5.41) is 13.0.